The molecule has 5 nitrogen and oxygen atoms in total. The summed E-state index contributed by atoms with van der Waals surface area (Å²) in [5, 5.41) is 3.13. The summed E-state index contributed by atoms with van der Waals surface area (Å²) >= 11 is 0. The second-order valence-corrected chi connectivity index (χ2v) is 3.73. The molecule has 0 fully saturated rings. The van der Waals surface area contributed by atoms with Gasteiger partial charge in [0, 0.05) is 6.54 Å². The third kappa shape index (κ3) is 8.12. The zero-order valence-electron chi connectivity index (χ0n) is 11.3. The normalized spacial score (nSPS) is 11.1. The zero-order chi connectivity index (χ0) is 14.5. The van der Waals surface area contributed by atoms with Gasteiger partial charge in [-0.2, -0.15) is 0 Å². The SMILES string of the molecule is CN.NC(N)=NCCCNC(CF)c1ccccc1. The molecule has 1 rings (SSSR count). The number of alkyl halides is 1. The van der Waals surface area contributed by atoms with E-state index in [-0.39, 0.29) is 12.0 Å². The highest BCUT2D eigenvalue weighted by molar-refractivity contribution is 5.75. The lowest BCUT2D eigenvalue weighted by molar-refractivity contribution is 0.381. The Bertz CT molecular complexity index is 338. The average molecular weight is 269 g/mol. The van der Waals surface area contributed by atoms with Crippen molar-refractivity contribution in [2.24, 2.45) is 22.2 Å². The third-order valence-corrected chi connectivity index (χ3v) is 2.38. The van der Waals surface area contributed by atoms with E-state index in [0.29, 0.717) is 13.1 Å². The van der Waals surface area contributed by atoms with Gasteiger partial charge in [0.25, 0.3) is 0 Å². The van der Waals surface area contributed by atoms with E-state index in [1.165, 1.54) is 7.05 Å². The van der Waals surface area contributed by atoms with Crippen LogP contribution >= 0.6 is 0 Å². The van der Waals surface area contributed by atoms with Gasteiger partial charge in [-0.3, -0.25) is 4.99 Å². The molecule has 0 aliphatic heterocycles. The van der Waals surface area contributed by atoms with Crippen molar-refractivity contribution in [2.75, 3.05) is 26.8 Å². The number of nitrogens with two attached hydrogens (primary N) is 3. The molecule has 108 valence electrons. The maximum Gasteiger partial charge on any atom is 0.185 e. The molecule has 19 heavy (non-hydrogen) atoms. The van der Waals surface area contributed by atoms with Crippen LogP contribution in [0.15, 0.2) is 35.3 Å². The van der Waals surface area contributed by atoms with E-state index in [4.69, 9.17) is 11.5 Å². The molecule has 0 bridgehead atoms. The Morgan fingerprint density at radius 3 is 2.42 bits per heavy atom. The fourth-order valence-corrected chi connectivity index (χ4v) is 1.51. The lowest BCUT2D eigenvalue weighted by atomic mass is 10.1. The molecular formula is C13H24FN5. The fourth-order valence-electron chi connectivity index (χ4n) is 1.51. The van der Waals surface area contributed by atoms with Gasteiger partial charge in [0.15, 0.2) is 5.96 Å². The molecular weight excluding hydrogens is 245 g/mol. The van der Waals surface area contributed by atoms with Gasteiger partial charge in [0.2, 0.25) is 0 Å². The van der Waals surface area contributed by atoms with Crippen LogP contribution in [0.1, 0.15) is 18.0 Å². The zero-order valence-corrected chi connectivity index (χ0v) is 11.3. The molecule has 1 atom stereocenters. The number of halogens is 1. The van der Waals surface area contributed by atoms with Crippen molar-refractivity contribution in [3.05, 3.63) is 35.9 Å². The van der Waals surface area contributed by atoms with Gasteiger partial charge < -0.3 is 22.5 Å². The van der Waals surface area contributed by atoms with Crippen LogP contribution in [0.4, 0.5) is 4.39 Å². The Kier molecular flexibility index (Phi) is 10.4. The van der Waals surface area contributed by atoms with E-state index in [0.717, 1.165) is 12.0 Å². The highest BCUT2D eigenvalue weighted by Crippen LogP contribution is 2.12. The first-order valence-electron chi connectivity index (χ1n) is 6.21. The molecule has 0 aliphatic rings. The molecule has 0 spiro atoms. The molecule has 1 aromatic rings. The van der Waals surface area contributed by atoms with Crippen LogP contribution in [0, 0.1) is 0 Å². The summed E-state index contributed by atoms with van der Waals surface area (Å²) < 4.78 is 12.9. The number of rotatable bonds is 7. The van der Waals surface area contributed by atoms with Crippen molar-refractivity contribution in [1.29, 1.82) is 0 Å². The summed E-state index contributed by atoms with van der Waals surface area (Å²) in [6.07, 6.45) is 0.779. The molecule has 0 aliphatic carbocycles. The second kappa shape index (κ2) is 11.4. The minimum atomic E-state index is -0.424. The van der Waals surface area contributed by atoms with Crippen LogP contribution in [-0.4, -0.2) is 32.8 Å². The number of benzene rings is 1. The van der Waals surface area contributed by atoms with E-state index in [9.17, 15) is 4.39 Å². The van der Waals surface area contributed by atoms with Gasteiger partial charge in [0.1, 0.15) is 6.67 Å². The van der Waals surface area contributed by atoms with Crippen LogP contribution < -0.4 is 22.5 Å². The summed E-state index contributed by atoms with van der Waals surface area (Å²) in [6, 6.07) is 9.28. The topological polar surface area (TPSA) is 102 Å². The van der Waals surface area contributed by atoms with E-state index >= 15 is 0 Å². The smallest absolute Gasteiger partial charge is 0.185 e. The lowest BCUT2D eigenvalue weighted by Crippen LogP contribution is -2.26. The second-order valence-electron chi connectivity index (χ2n) is 3.73. The predicted molar refractivity (Wildman–Crippen MR) is 78.6 cm³/mol. The summed E-state index contributed by atoms with van der Waals surface area (Å²) in [4.78, 5) is 3.86. The number of nitrogens with zero attached hydrogens (tertiary/aromatic N) is 1. The summed E-state index contributed by atoms with van der Waals surface area (Å²) in [6.45, 7) is 0.815. The number of aliphatic imine (C=N–C) groups is 1. The highest BCUT2D eigenvalue weighted by Gasteiger charge is 2.08. The third-order valence-electron chi connectivity index (χ3n) is 2.38. The molecule has 1 unspecified atom stereocenters. The van der Waals surface area contributed by atoms with E-state index in [1.807, 2.05) is 30.3 Å². The summed E-state index contributed by atoms with van der Waals surface area (Å²) in [5.41, 5.74) is 15.9. The van der Waals surface area contributed by atoms with Crippen molar-refractivity contribution >= 4 is 5.96 Å². The summed E-state index contributed by atoms with van der Waals surface area (Å²) in [7, 11) is 1.50. The number of nitrogens with one attached hydrogen (secondary N) is 1. The Balaban J connectivity index is 0.00000154. The van der Waals surface area contributed by atoms with Gasteiger partial charge >= 0.3 is 0 Å². The first-order valence-corrected chi connectivity index (χ1v) is 6.21. The van der Waals surface area contributed by atoms with Gasteiger partial charge in [0.05, 0.1) is 6.04 Å². The number of hydrogen-bond donors (Lipinski definition) is 4. The minimum Gasteiger partial charge on any atom is -0.370 e. The predicted octanol–water partition coefficient (Wildman–Crippen LogP) is 0.525. The monoisotopic (exact) mass is 269 g/mol. The highest BCUT2D eigenvalue weighted by atomic mass is 19.1. The maximum absolute atomic E-state index is 12.9. The average Bonchev–Trinajstić information content (AvgIpc) is 2.45. The van der Waals surface area contributed by atoms with Crippen LogP contribution in [0.5, 0.6) is 0 Å². The molecule has 0 aromatic heterocycles. The first-order chi connectivity index (χ1) is 9.24. The number of hydrogen-bond acceptors (Lipinski definition) is 3. The van der Waals surface area contributed by atoms with Gasteiger partial charge in [-0.05, 0) is 25.6 Å². The van der Waals surface area contributed by atoms with E-state index in [1.54, 1.807) is 0 Å². The Hall–Kier alpha value is -1.66. The van der Waals surface area contributed by atoms with Crippen molar-refractivity contribution in [1.82, 2.24) is 5.32 Å². The van der Waals surface area contributed by atoms with Crippen LogP contribution in [-0.2, 0) is 0 Å². The Labute approximate surface area is 114 Å². The van der Waals surface area contributed by atoms with Crippen molar-refractivity contribution < 1.29 is 4.39 Å². The van der Waals surface area contributed by atoms with Crippen molar-refractivity contribution in [2.45, 2.75) is 12.5 Å². The molecule has 0 radical (unpaired) electrons. The van der Waals surface area contributed by atoms with Crippen LogP contribution in [0.3, 0.4) is 0 Å². The molecule has 0 saturated carbocycles. The Morgan fingerprint density at radius 2 is 1.89 bits per heavy atom. The molecule has 7 N–H and O–H groups in total. The van der Waals surface area contributed by atoms with Gasteiger partial charge in [-0.25, -0.2) is 4.39 Å². The molecule has 1 aromatic carbocycles. The lowest BCUT2D eigenvalue weighted by Gasteiger charge is -2.15. The van der Waals surface area contributed by atoms with Gasteiger partial charge in [-0.15, -0.1) is 0 Å². The fraction of sp³-hybridized carbons (Fsp3) is 0.462. The largest absolute Gasteiger partial charge is 0.370 e. The molecule has 0 amide bonds. The van der Waals surface area contributed by atoms with Crippen molar-refractivity contribution in [3.8, 4) is 0 Å². The number of guanidine groups is 1. The van der Waals surface area contributed by atoms with Crippen LogP contribution in [0.25, 0.3) is 0 Å². The minimum absolute atomic E-state index is 0.0927. The van der Waals surface area contributed by atoms with E-state index in [2.05, 4.69) is 16.0 Å². The standard InChI is InChI=1S/C12H19FN4.CH5N/c13-9-11(10-5-2-1-3-6-10)16-7-4-8-17-12(14)15;1-2/h1-3,5-6,11,16H,4,7-9H2,(H4,14,15,17);2H2,1H3. The van der Waals surface area contributed by atoms with Crippen LogP contribution in [0.2, 0.25) is 0 Å². The Morgan fingerprint density at radius 1 is 1.26 bits per heavy atom. The van der Waals surface area contributed by atoms with Gasteiger partial charge in [-0.1, -0.05) is 30.3 Å². The quantitative estimate of drug-likeness (QED) is 0.329. The first kappa shape index (κ1) is 17.3. The van der Waals surface area contributed by atoms with Crippen molar-refractivity contribution in [3.63, 3.8) is 0 Å². The molecule has 0 saturated heterocycles. The molecule has 6 heteroatoms. The summed E-state index contributed by atoms with van der Waals surface area (Å²) in [5.74, 6) is 0.0927. The van der Waals surface area contributed by atoms with E-state index < -0.39 is 6.67 Å². The maximum atomic E-state index is 12.9. The molecule has 0 heterocycles.